The summed E-state index contributed by atoms with van der Waals surface area (Å²) in [7, 11) is 3.41. The number of aryl methyl sites for hydroxylation is 1. The van der Waals surface area contributed by atoms with Crippen LogP contribution in [-0.4, -0.2) is 21.2 Å². The highest BCUT2D eigenvalue weighted by Crippen LogP contribution is 2.30. The van der Waals surface area contributed by atoms with Crippen LogP contribution in [0.25, 0.3) is 27.6 Å². The summed E-state index contributed by atoms with van der Waals surface area (Å²) in [5.41, 5.74) is 1.11. The van der Waals surface area contributed by atoms with Gasteiger partial charge in [-0.15, -0.1) is 0 Å². The van der Waals surface area contributed by atoms with Gasteiger partial charge >= 0.3 is 0 Å². The maximum absolute atomic E-state index is 13.9. The second-order valence-electron chi connectivity index (χ2n) is 8.80. The second kappa shape index (κ2) is 8.67. The molecule has 0 radical (unpaired) electrons. The molecule has 0 atom stereocenters. The van der Waals surface area contributed by atoms with Gasteiger partial charge in [-0.05, 0) is 36.2 Å². The van der Waals surface area contributed by atoms with Crippen molar-refractivity contribution in [1.82, 2.24) is 14.1 Å². The number of methoxy groups -OCH3 is 1. The average molecular weight is 464 g/mol. The first kappa shape index (κ1) is 21.7. The maximum Gasteiger partial charge on any atom is 0.271 e. The Balaban J connectivity index is 1.83. The molecule has 1 aliphatic rings. The van der Waals surface area contributed by atoms with E-state index >= 15 is 0 Å². The lowest BCUT2D eigenvalue weighted by Crippen LogP contribution is -2.30. The number of pyridine rings is 1. The van der Waals surface area contributed by atoms with Crippen LogP contribution in [0.2, 0.25) is 5.02 Å². The van der Waals surface area contributed by atoms with E-state index in [0.29, 0.717) is 45.7 Å². The Morgan fingerprint density at radius 1 is 1.09 bits per heavy atom. The van der Waals surface area contributed by atoms with Gasteiger partial charge in [0.05, 0.1) is 23.3 Å². The lowest BCUT2D eigenvalue weighted by atomic mass is 9.86. The Bertz CT molecular complexity index is 1480. The van der Waals surface area contributed by atoms with Crippen molar-refractivity contribution >= 4 is 33.5 Å². The highest BCUT2D eigenvalue weighted by Gasteiger charge is 2.23. The Morgan fingerprint density at radius 2 is 1.85 bits per heavy atom. The van der Waals surface area contributed by atoms with Gasteiger partial charge in [0.25, 0.3) is 5.56 Å². The fourth-order valence-electron chi connectivity index (χ4n) is 5.05. The first-order valence-electron chi connectivity index (χ1n) is 11.4. The highest BCUT2D eigenvalue weighted by molar-refractivity contribution is 6.32. The summed E-state index contributed by atoms with van der Waals surface area (Å²) in [5, 5.41) is 0.998. The van der Waals surface area contributed by atoms with Gasteiger partial charge in [-0.3, -0.25) is 14.2 Å². The van der Waals surface area contributed by atoms with Gasteiger partial charge < -0.3 is 9.30 Å². The molecule has 0 amide bonds. The molecule has 2 heterocycles. The van der Waals surface area contributed by atoms with Gasteiger partial charge in [-0.2, -0.15) is 0 Å². The summed E-state index contributed by atoms with van der Waals surface area (Å²) >= 11 is 6.40. The van der Waals surface area contributed by atoms with Gasteiger partial charge in [0.2, 0.25) is 5.43 Å². The number of para-hydroxylation sites is 1. The maximum atomic E-state index is 13.9. The molecule has 0 N–H and O–H groups in total. The number of halogens is 1. The SMILES string of the molecule is COc1ccc(-n2c(CC3CCCCC3)nc3c(c(=O)c4ccccc4n3C)c2=O)cc1Cl. The van der Waals surface area contributed by atoms with Crippen LogP contribution < -0.4 is 15.7 Å². The molecule has 1 fully saturated rings. The molecule has 0 bridgehead atoms. The first-order chi connectivity index (χ1) is 16.0. The molecule has 4 aromatic rings. The van der Waals surface area contributed by atoms with E-state index in [1.807, 2.05) is 29.8 Å². The van der Waals surface area contributed by atoms with Crippen molar-refractivity contribution in [1.29, 1.82) is 0 Å². The Kier molecular flexibility index (Phi) is 5.71. The fourth-order valence-corrected chi connectivity index (χ4v) is 5.30. The number of rotatable bonds is 4. The van der Waals surface area contributed by atoms with E-state index < -0.39 is 0 Å². The summed E-state index contributed by atoms with van der Waals surface area (Å²) in [5.74, 6) is 1.64. The molecule has 0 unspecified atom stereocenters. The zero-order valence-electron chi connectivity index (χ0n) is 18.8. The third-order valence-corrected chi connectivity index (χ3v) is 7.07. The van der Waals surface area contributed by atoms with Gasteiger partial charge in [0, 0.05) is 18.9 Å². The van der Waals surface area contributed by atoms with Crippen molar-refractivity contribution in [3.05, 3.63) is 73.9 Å². The Morgan fingerprint density at radius 3 is 2.58 bits per heavy atom. The van der Waals surface area contributed by atoms with Crippen molar-refractivity contribution in [2.24, 2.45) is 13.0 Å². The van der Waals surface area contributed by atoms with Crippen LogP contribution in [0.15, 0.2) is 52.1 Å². The predicted molar refractivity (Wildman–Crippen MR) is 132 cm³/mol. The molecule has 6 nitrogen and oxygen atoms in total. The monoisotopic (exact) mass is 463 g/mol. The quantitative estimate of drug-likeness (QED) is 0.398. The van der Waals surface area contributed by atoms with Crippen LogP contribution >= 0.6 is 11.6 Å². The number of hydrogen-bond acceptors (Lipinski definition) is 4. The van der Waals surface area contributed by atoms with Crippen LogP contribution in [0.1, 0.15) is 37.9 Å². The van der Waals surface area contributed by atoms with Crippen molar-refractivity contribution in [2.75, 3.05) is 7.11 Å². The molecule has 0 spiro atoms. The largest absolute Gasteiger partial charge is 0.495 e. The molecule has 33 heavy (non-hydrogen) atoms. The van der Waals surface area contributed by atoms with Gasteiger partial charge in [0.15, 0.2) is 5.65 Å². The second-order valence-corrected chi connectivity index (χ2v) is 9.21. The van der Waals surface area contributed by atoms with Crippen LogP contribution in [0.3, 0.4) is 0 Å². The summed E-state index contributed by atoms with van der Waals surface area (Å²) in [6.45, 7) is 0. The van der Waals surface area contributed by atoms with Crippen molar-refractivity contribution in [3.8, 4) is 11.4 Å². The number of benzene rings is 2. The Labute approximate surface area is 196 Å². The fraction of sp³-hybridized carbons (Fsp3) is 0.346. The molecular weight excluding hydrogens is 438 g/mol. The molecule has 0 aliphatic heterocycles. The summed E-state index contributed by atoms with van der Waals surface area (Å²) in [6.07, 6.45) is 6.56. The average Bonchev–Trinajstić information content (AvgIpc) is 2.83. The molecule has 0 saturated heterocycles. The molecular formula is C26H26ClN3O3. The number of aromatic nitrogens is 3. The minimum atomic E-state index is -0.363. The molecule has 2 aromatic heterocycles. The van der Waals surface area contributed by atoms with Crippen LogP contribution in [0.4, 0.5) is 0 Å². The third-order valence-electron chi connectivity index (χ3n) is 6.78. The van der Waals surface area contributed by atoms with E-state index in [1.54, 1.807) is 35.9 Å². The van der Waals surface area contributed by atoms with Crippen molar-refractivity contribution in [3.63, 3.8) is 0 Å². The summed E-state index contributed by atoms with van der Waals surface area (Å²) < 4.78 is 8.70. The van der Waals surface area contributed by atoms with E-state index in [-0.39, 0.29) is 16.4 Å². The van der Waals surface area contributed by atoms with Gasteiger partial charge in [-0.1, -0.05) is 55.8 Å². The smallest absolute Gasteiger partial charge is 0.271 e. The lowest BCUT2D eigenvalue weighted by Gasteiger charge is -2.23. The molecule has 1 aliphatic carbocycles. The predicted octanol–water partition coefficient (Wildman–Crippen LogP) is 5.02. The molecule has 5 rings (SSSR count). The van der Waals surface area contributed by atoms with Crippen LogP contribution in [0.5, 0.6) is 5.75 Å². The molecule has 2 aromatic carbocycles. The van der Waals surface area contributed by atoms with E-state index in [2.05, 4.69) is 0 Å². The number of ether oxygens (including phenoxy) is 1. The van der Waals surface area contributed by atoms with Crippen LogP contribution in [-0.2, 0) is 13.5 Å². The number of nitrogens with zero attached hydrogens (tertiary/aromatic N) is 3. The van der Waals surface area contributed by atoms with E-state index in [9.17, 15) is 9.59 Å². The third kappa shape index (κ3) is 3.72. The standard InChI is InChI=1S/C26H26ClN3O3/c1-29-20-11-7-6-10-18(20)24(31)23-25(29)28-22(14-16-8-4-3-5-9-16)30(26(23)32)17-12-13-21(33-2)19(27)15-17/h6-7,10-13,15-16H,3-5,8-9,14H2,1-2H3. The van der Waals surface area contributed by atoms with Gasteiger partial charge in [-0.25, -0.2) is 4.98 Å². The first-order valence-corrected chi connectivity index (χ1v) is 11.7. The van der Waals surface area contributed by atoms with E-state index in [0.717, 1.165) is 18.4 Å². The zero-order valence-corrected chi connectivity index (χ0v) is 19.6. The summed E-state index contributed by atoms with van der Waals surface area (Å²) in [4.78, 5) is 32.3. The van der Waals surface area contributed by atoms with E-state index in [4.69, 9.17) is 21.3 Å². The highest BCUT2D eigenvalue weighted by atomic mass is 35.5. The molecule has 1 saturated carbocycles. The van der Waals surface area contributed by atoms with Gasteiger partial charge in [0.1, 0.15) is 17.0 Å². The number of fused-ring (bicyclic) bond motifs is 2. The van der Waals surface area contributed by atoms with E-state index in [1.165, 1.54) is 19.3 Å². The molecule has 170 valence electrons. The lowest BCUT2D eigenvalue weighted by molar-refractivity contribution is 0.349. The van der Waals surface area contributed by atoms with Crippen molar-refractivity contribution in [2.45, 2.75) is 38.5 Å². The van der Waals surface area contributed by atoms with Crippen LogP contribution in [0, 0.1) is 5.92 Å². The Hall–Kier alpha value is -3.12. The topological polar surface area (TPSA) is 66.1 Å². The number of hydrogen-bond donors (Lipinski definition) is 0. The van der Waals surface area contributed by atoms with Crippen molar-refractivity contribution < 1.29 is 4.74 Å². The normalized spacial score (nSPS) is 14.8. The minimum Gasteiger partial charge on any atom is -0.495 e. The molecule has 7 heteroatoms. The minimum absolute atomic E-state index is 0.0931. The summed E-state index contributed by atoms with van der Waals surface area (Å²) in [6, 6.07) is 12.5. The zero-order chi connectivity index (χ0) is 23.1.